The van der Waals surface area contributed by atoms with Gasteiger partial charge in [0.05, 0.1) is 19.1 Å². The number of nitrogens with zero attached hydrogens (tertiary/aromatic N) is 1. The summed E-state index contributed by atoms with van der Waals surface area (Å²) >= 11 is 0. The van der Waals surface area contributed by atoms with Crippen LogP contribution in [0.1, 0.15) is 32.1 Å². The van der Waals surface area contributed by atoms with E-state index < -0.39 is 0 Å². The van der Waals surface area contributed by atoms with E-state index in [0.717, 1.165) is 30.8 Å². The van der Waals surface area contributed by atoms with Crippen molar-refractivity contribution < 1.29 is 9.69 Å². The lowest BCUT2D eigenvalue weighted by Crippen LogP contribution is -3.20. The number of fused-ring (bicyclic) bond motifs is 2. The molecule has 0 bridgehead atoms. The molecule has 18 heavy (non-hydrogen) atoms. The van der Waals surface area contributed by atoms with Gasteiger partial charge in [0, 0.05) is 24.4 Å². The molecular formula is C15H23N2O+. The van der Waals surface area contributed by atoms with E-state index in [1.54, 1.807) is 6.08 Å². The summed E-state index contributed by atoms with van der Waals surface area (Å²) in [5, 5.41) is 0. The summed E-state index contributed by atoms with van der Waals surface area (Å²) < 4.78 is 0. The van der Waals surface area contributed by atoms with Crippen molar-refractivity contribution in [3.63, 3.8) is 0 Å². The van der Waals surface area contributed by atoms with Crippen molar-refractivity contribution in [2.24, 2.45) is 11.8 Å². The number of amides is 1. The van der Waals surface area contributed by atoms with Gasteiger partial charge in [-0.2, -0.15) is 0 Å². The molecular weight excluding hydrogens is 224 g/mol. The van der Waals surface area contributed by atoms with Gasteiger partial charge in [-0.15, -0.1) is 0 Å². The standard InChI is InChI=1S/C15H22N2O/c18-14-7-1-6-13-12-5-3-9-16-8-2-4-11(15(12)16)10-17(13)14/h1,7,11-13,15H,2-6,8-10H2/p+1/t11-,12+,13+,15-/m1/s1. The van der Waals surface area contributed by atoms with E-state index in [2.05, 4.69) is 11.0 Å². The van der Waals surface area contributed by atoms with Crippen molar-refractivity contribution in [2.45, 2.75) is 44.2 Å². The van der Waals surface area contributed by atoms with Crippen LogP contribution in [-0.2, 0) is 4.79 Å². The predicted molar refractivity (Wildman–Crippen MR) is 69.2 cm³/mol. The molecule has 5 atom stereocenters. The lowest BCUT2D eigenvalue weighted by atomic mass is 9.68. The molecule has 0 aliphatic carbocycles. The highest BCUT2D eigenvalue weighted by molar-refractivity contribution is 5.88. The quantitative estimate of drug-likeness (QED) is 0.651. The Labute approximate surface area is 109 Å². The lowest BCUT2D eigenvalue weighted by Gasteiger charge is -2.55. The smallest absolute Gasteiger partial charge is 0.246 e. The Balaban J connectivity index is 1.68. The summed E-state index contributed by atoms with van der Waals surface area (Å²) in [7, 11) is 0. The zero-order valence-electron chi connectivity index (χ0n) is 11.0. The summed E-state index contributed by atoms with van der Waals surface area (Å²) in [5.41, 5.74) is 0. The Morgan fingerprint density at radius 2 is 2.06 bits per heavy atom. The fraction of sp³-hybridized carbons (Fsp3) is 0.800. The largest absolute Gasteiger partial charge is 0.335 e. The first-order valence-corrected chi connectivity index (χ1v) is 7.66. The van der Waals surface area contributed by atoms with Gasteiger partial charge in [0.1, 0.15) is 0 Å². The van der Waals surface area contributed by atoms with Crippen LogP contribution in [0.25, 0.3) is 0 Å². The van der Waals surface area contributed by atoms with Crippen LogP contribution in [0.4, 0.5) is 0 Å². The number of nitrogens with one attached hydrogen (secondary N) is 1. The zero-order valence-corrected chi connectivity index (χ0v) is 11.0. The third kappa shape index (κ3) is 1.49. The van der Waals surface area contributed by atoms with Gasteiger partial charge in [0.15, 0.2) is 0 Å². The maximum absolute atomic E-state index is 12.1. The maximum atomic E-state index is 12.1. The van der Waals surface area contributed by atoms with Crippen LogP contribution in [0, 0.1) is 11.8 Å². The molecule has 3 heteroatoms. The zero-order chi connectivity index (χ0) is 12.1. The minimum atomic E-state index is 0.280. The van der Waals surface area contributed by atoms with E-state index in [9.17, 15) is 4.79 Å². The molecule has 0 radical (unpaired) electrons. The van der Waals surface area contributed by atoms with Gasteiger partial charge < -0.3 is 9.80 Å². The van der Waals surface area contributed by atoms with Crippen molar-refractivity contribution in [1.82, 2.24) is 4.90 Å². The van der Waals surface area contributed by atoms with Gasteiger partial charge in [-0.3, -0.25) is 4.79 Å². The van der Waals surface area contributed by atoms with Gasteiger partial charge in [-0.1, -0.05) is 6.08 Å². The average molecular weight is 247 g/mol. The SMILES string of the molecule is O=C1C=CC[C@H]2[C@@H]3CCC[NH+]4CCC[C@H](CN12)[C@H]34. The molecule has 98 valence electrons. The monoisotopic (exact) mass is 247 g/mol. The van der Waals surface area contributed by atoms with E-state index >= 15 is 0 Å². The molecule has 4 heterocycles. The Hall–Kier alpha value is -0.830. The van der Waals surface area contributed by atoms with Crippen molar-refractivity contribution in [3.8, 4) is 0 Å². The summed E-state index contributed by atoms with van der Waals surface area (Å²) in [6.07, 6.45) is 10.5. The number of carbonyl (C=O) groups is 1. The molecule has 3 saturated heterocycles. The third-order valence-electron chi connectivity index (χ3n) is 5.80. The van der Waals surface area contributed by atoms with Crippen LogP contribution in [-0.4, -0.2) is 42.5 Å². The minimum absolute atomic E-state index is 0.280. The highest BCUT2D eigenvalue weighted by Gasteiger charge is 2.52. The first-order valence-electron chi connectivity index (χ1n) is 7.66. The predicted octanol–water partition coefficient (Wildman–Crippen LogP) is 0.231. The van der Waals surface area contributed by atoms with Crippen molar-refractivity contribution in [2.75, 3.05) is 19.6 Å². The molecule has 1 N–H and O–H groups in total. The van der Waals surface area contributed by atoms with Crippen molar-refractivity contribution >= 4 is 5.91 Å². The first-order chi connectivity index (χ1) is 8.84. The molecule has 4 aliphatic rings. The minimum Gasteiger partial charge on any atom is -0.335 e. The van der Waals surface area contributed by atoms with Gasteiger partial charge in [0.25, 0.3) is 0 Å². The topological polar surface area (TPSA) is 24.8 Å². The van der Waals surface area contributed by atoms with Crippen LogP contribution in [0.2, 0.25) is 0 Å². The van der Waals surface area contributed by atoms with Crippen LogP contribution in [0.5, 0.6) is 0 Å². The van der Waals surface area contributed by atoms with Crippen LogP contribution in [0.3, 0.4) is 0 Å². The maximum Gasteiger partial charge on any atom is 0.246 e. The second kappa shape index (κ2) is 4.09. The fourth-order valence-corrected chi connectivity index (χ4v) is 5.17. The molecule has 0 aromatic heterocycles. The second-order valence-corrected chi connectivity index (χ2v) is 6.59. The van der Waals surface area contributed by atoms with Crippen LogP contribution in [0.15, 0.2) is 12.2 Å². The van der Waals surface area contributed by atoms with Gasteiger partial charge >= 0.3 is 0 Å². The Bertz CT molecular complexity index is 390. The van der Waals surface area contributed by atoms with Crippen molar-refractivity contribution in [3.05, 3.63) is 12.2 Å². The van der Waals surface area contributed by atoms with Crippen LogP contribution >= 0.6 is 0 Å². The second-order valence-electron chi connectivity index (χ2n) is 6.59. The molecule has 0 aromatic rings. The molecule has 1 amide bonds. The molecule has 1 unspecified atom stereocenters. The van der Waals surface area contributed by atoms with Gasteiger partial charge in [0.2, 0.25) is 5.91 Å². The van der Waals surface area contributed by atoms with Crippen molar-refractivity contribution in [1.29, 1.82) is 0 Å². The van der Waals surface area contributed by atoms with Crippen LogP contribution < -0.4 is 4.90 Å². The van der Waals surface area contributed by atoms with E-state index in [-0.39, 0.29) is 5.91 Å². The molecule has 3 fully saturated rings. The number of carbonyl (C=O) groups excluding carboxylic acids is 1. The van der Waals surface area contributed by atoms with E-state index in [0.29, 0.717) is 6.04 Å². The lowest BCUT2D eigenvalue weighted by molar-refractivity contribution is -0.945. The first kappa shape index (κ1) is 11.0. The van der Waals surface area contributed by atoms with E-state index in [1.807, 2.05) is 4.90 Å². The Morgan fingerprint density at radius 3 is 2.94 bits per heavy atom. The van der Waals surface area contributed by atoms with Gasteiger partial charge in [-0.05, 0) is 38.2 Å². The third-order valence-corrected chi connectivity index (χ3v) is 5.80. The molecule has 0 aromatic carbocycles. The Kier molecular flexibility index (Phi) is 2.51. The Morgan fingerprint density at radius 1 is 1.22 bits per heavy atom. The van der Waals surface area contributed by atoms with E-state index in [4.69, 9.17) is 0 Å². The number of quaternary nitrogens is 1. The average Bonchev–Trinajstić information content (AvgIpc) is 2.41. The summed E-state index contributed by atoms with van der Waals surface area (Å²) in [5.74, 6) is 1.84. The molecule has 0 saturated carbocycles. The number of piperidine rings is 3. The van der Waals surface area contributed by atoms with E-state index in [1.165, 1.54) is 38.8 Å². The molecule has 0 spiro atoms. The normalized spacial score (nSPS) is 46.6. The van der Waals surface area contributed by atoms with Gasteiger partial charge in [-0.25, -0.2) is 0 Å². The molecule has 4 rings (SSSR count). The molecule has 4 aliphatic heterocycles. The number of hydrogen-bond donors (Lipinski definition) is 1. The highest BCUT2D eigenvalue weighted by atomic mass is 16.2. The summed E-state index contributed by atoms with van der Waals surface area (Å²) in [6, 6.07) is 1.39. The molecule has 3 nitrogen and oxygen atoms in total. The number of rotatable bonds is 0. The highest BCUT2D eigenvalue weighted by Crippen LogP contribution is 2.37. The number of hydrogen-bond acceptors (Lipinski definition) is 1. The summed E-state index contributed by atoms with van der Waals surface area (Å²) in [6.45, 7) is 3.81. The summed E-state index contributed by atoms with van der Waals surface area (Å²) in [4.78, 5) is 16.2. The fourth-order valence-electron chi connectivity index (χ4n) is 5.17.